The van der Waals surface area contributed by atoms with Crippen LogP contribution in [0.15, 0.2) is 0 Å². The van der Waals surface area contributed by atoms with Gasteiger partial charge in [-0.05, 0) is 12.8 Å². The molecule has 2 atom stereocenters. The fraction of sp³-hybridized carbons (Fsp3) is 0.909. The molecule has 3 heteroatoms. The van der Waals surface area contributed by atoms with Crippen molar-refractivity contribution < 1.29 is 4.79 Å². The monoisotopic (exact) mass is 200 g/mol. The Morgan fingerprint density at radius 3 is 2.43 bits per heavy atom. The highest BCUT2D eigenvalue weighted by molar-refractivity contribution is 5.76. The predicted octanol–water partition coefficient (Wildman–Crippen LogP) is 1.62. The number of nitrogens with two attached hydrogens (primary N) is 1. The van der Waals surface area contributed by atoms with Gasteiger partial charge in [0.05, 0.1) is 0 Å². The molecule has 14 heavy (non-hydrogen) atoms. The van der Waals surface area contributed by atoms with Gasteiger partial charge in [0.1, 0.15) is 0 Å². The third-order valence-electron chi connectivity index (χ3n) is 2.70. The van der Waals surface area contributed by atoms with Crippen LogP contribution in [0.3, 0.4) is 0 Å². The zero-order valence-corrected chi connectivity index (χ0v) is 9.92. The van der Waals surface area contributed by atoms with E-state index in [9.17, 15) is 4.79 Å². The van der Waals surface area contributed by atoms with E-state index in [4.69, 9.17) is 5.73 Å². The average Bonchev–Trinajstić information content (AvgIpc) is 2.15. The average molecular weight is 200 g/mol. The van der Waals surface area contributed by atoms with Gasteiger partial charge in [-0.1, -0.05) is 26.7 Å². The van der Waals surface area contributed by atoms with E-state index in [0.29, 0.717) is 18.9 Å². The topological polar surface area (TPSA) is 46.3 Å². The number of likely N-dealkylation sites (N-methyl/N-ethyl adjacent to an activating group) is 1. The minimum absolute atomic E-state index is 0.149. The van der Waals surface area contributed by atoms with Crippen molar-refractivity contribution in [2.45, 2.75) is 46.1 Å². The highest BCUT2D eigenvalue weighted by Crippen LogP contribution is 2.12. The Balaban J connectivity index is 3.94. The lowest BCUT2D eigenvalue weighted by Crippen LogP contribution is -2.40. The summed E-state index contributed by atoms with van der Waals surface area (Å²) < 4.78 is 0. The summed E-state index contributed by atoms with van der Waals surface area (Å²) in [5, 5.41) is 0. The zero-order chi connectivity index (χ0) is 11.1. The highest BCUT2D eigenvalue weighted by Gasteiger charge is 2.16. The second-order valence-electron chi connectivity index (χ2n) is 4.19. The van der Waals surface area contributed by atoms with Crippen LogP contribution in [0, 0.1) is 5.92 Å². The maximum Gasteiger partial charge on any atom is 0.222 e. The van der Waals surface area contributed by atoms with E-state index in [0.717, 1.165) is 12.8 Å². The maximum atomic E-state index is 11.7. The normalized spacial score (nSPS) is 14.9. The van der Waals surface area contributed by atoms with Crippen molar-refractivity contribution in [3.05, 3.63) is 0 Å². The van der Waals surface area contributed by atoms with Crippen molar-refractivity contribution in [2.75, 3.05) is 13.6 Å². The number of amides is 1. The molecule has 2 unspecified atom stereocenters. The molecule has 0 fully saturated rings. The smallest absolute Gasteiger partial charge is 0.222 e. The molecule has 0 bridgehead atoms. The van der Waals surface area contributed by atoms with Gasteiger partial charge in [-0.3, -0.25) is 4.79 Å². The molecule has 1 amide bonds. The Hall–Kier alpha value is -0.570. The lowest BCUT2D eigenvalue weighted by molar-refractivity contribution is -0.132. The second kappa shape index (κ2) is 6.82. The summed E-state index contributed by atoms with van der Waals surface area (Å²) in [6, 6.07) is 0.149. The molecule has 3 nitrogen and oxygen atoms in total. The van der Waals surface area contributed by atoms with E-state index in [1.165, 1.54) is 0 Å². The van der Waals surface area contributed by atoms with Gasteiger partial charge in [0, 0.05) is 26.1 Å². The molecule has 0 radical (unpaired) electrons. The van der Waals surface area contributed by atoms with Crippen LogP contribution in [0.25, 0.3) is 0 Å². The van der Waals surface area contributed by atoms with Crippen molar-refractivity contribution in [1.82, 2.24) is 4.90 Å². The van der Waals surface area contributed by atoms with Crippen molar-refractivity contribution >= 4 is 5.91 Å². The minimum atomic E-state index is 0.149. The van der Waals surface area contributed by atoms with E-state index >= 15 is 0 Å². The van der Waals surface area contributed by atoms with Gasteiger partial charge in [0.25, 0.3) is 0 Å². The van der Waals surface area contributed by atoms with Crippen LogP contribution in [0.4, 0.5) is 0 Å². The van der Waals surface area contributed by atoms with Gasteiger partial charge in [0.2, 0.25) is 5.91 Å². The summed E-state index contributed by atoms with van der Waals surface area (Å²) in [6.07, 6.45) is 2.91. The molecule has 84 valence electrons. The molecular formula is C11H24N2O. The first-order valence-electron chi connectivity index (χ1n) is 5.48. The molecule has 2 N–H and O–H groups in total. The SMILES string of the molecule is CCCC(C)CC(=O)N(C)C(C)CN. The van der Waals surface area contributed by atoms with Crippen molar-refractivity contribution in [1.29, 1.82) is 0 Å². The molecule has 0 saturated carbocycles. The second-order valence-corrected chi connectivity index (χ2v) is 4.19. The highest BCUT2D eigenvalue weighted by atomic mass is 16.2. The molecule has 0 aliphatic rings. The molecule has 0 aromatic heterocycles. The van der Waals surface area contributed by atoms with E-state index in [1.54, 1.807) is 4.90 Å². The molecule has 0 aliphatic heterocycles. The maximum absolute atomic E-state index is 11.7. The quantitative estimate of drug-likeness (QED) is 0.708. The van der Waals surface area contributed by atoms with Crippen molar-refractivity contribution in [3.8, 4) is 0 Å². The fourth-order valence-corrected chi connectivity index (χ4v) is 1.44. The van der Waals surface area contributed by atoms with Gasteiger partial charge in [0.15, 0.2) is 0 Å². The summed E-state index contributed by atoms with van der Waals surface area (Å²) in [6.45, 7) is 6.78. The fourth-order valence-electron chi connectivity index (χ4n) is 1.44. The van der Waals surface area contributed by atoms with E-state index in [2.05, 4.69) is 13.8 Å². The number of hydrogen-bond acceptors (Lipinski definition) is 2. The molecule has 0 rings (SSSR count). The van der Waals surface area contributed by atoms with Crippen LogP contribution in [0.1, 0.15) is 40.0 Å². The lowest BCUT2D eigenvalue weighted by Gasteiger charge is -2.25. The summed E-state index contributed by atoms with van der Waals surface area (Å²) in [5.74, 6) is 0.698. The van der Waals surface area contributed by atoms with Gasteiger partial charge in [-0.2, -0.15) is 0 Å². The minimum Gasteiger partial charge on any atom is -0.342 e. The lowest BCUT2D eigenvalue weighted by atomic mass is 10.0. The summed E-state index contributed by atoms with van der Waals surface area (Å²) >= 11 is 0. The zero-order valence-electron chi connectivity index (χ0n) is 9.92. The molecule has 0 heterocycles. The van der Waals surface area contributed by atoms with Crippen molar-refractivity contribution in [2.24, 2.45) is 11.7 Å². The van der Waals surface area contributed by atoms with Crippen molar-refractivity contribution in [3.63, 3.8) is 0 Å². The van der Waals surface area contributed by atoms with E-state index < -0.39 is 0 Å². The van der Waals surface area contributed by atoms with Gasteiger partial charge < -0.3 is 10.6 Å². The van der Waals surface area contributed by atoms with Gasteiger partial charge in [-0.15, -0.1) is 0 Å². The molecule has 0 aromatic rings. The van der Waals surface area contributed by atoms with Crippen LogP contribution >= 0.6 is 0 Å². The van der Waals surface area contributed by atoms with Crippen LogP contribution < -0.4 is 5.73 Å². The van der Waals surface area contributed by atoms with E-state index in [1.807, 2.05) is 14.0 Å². The Kier molecular flexibility index (Phi) is 6.54. The largest absolute Gasteiger partial charge is 0.342 e. The van der Waals surface area contributed by atoms with Crippen LogP contribution in [0.2, 0.25) is 0 Å². The summed E-state index contributed by atoms with van der Waals surface area (Å²) in [5.41, 5.74) is 5.51. The third-order valence-corrected chi connectivity index (χ3v) is 2.70. The first-order valence-corrected chi connectivity index (χ1v) is 5.48. The molecular weight excluding hydrogens is 176 g/mol. The number of rotatable bonds is 6. The first kappa shape index (κ1) is 13.4. The molecule has 0 aromatic carbocycles. The Bertz CT molecular complexity index is 171. The molecule has 0 spiro atoms. The number of carbonyl (C=O) groups excluding carboxylic acids is 1. The number of carbonyl (C=O) groups is 1. The summed E-state index contributed by atoms with van der Waals surface area (Å²) in [7, 11) is 1.83. The van der Waals surface area contributed by atoms with Gasteiger partial charge >= 0.3 is 0 Å². The summed E-state index contributed by atoms with van der Waals surface area (Å²) in [4.78, 5) is 13.5. The Morgan fingerprint density at radius 2 is 2.00 bits per heavy atom. The Morgan fingerprint density at radius 1 is 1.43 bits per heavy atom. The molecule has 0 aliphatic carbocycles. The first-order chi connectivity index (χ1) is 6.52. The van der Waals surface area contributed by atoms with Gasteiger partial charge in [-0.25, -0.2) is 0 Å². The van der Waals surface area contributed by atoms with Crippen LogP contribution in [-0.2, 0) is 4.79 Å². The standard InChI is InChI=1S/C11H24N2O/c1-5-6-9(2)7-11(14)13(4)10(3)8-12/h9-10H,5-8,12H2,1-4H3. The number of hydrogen-bond donors (Lipinski definition) is 1. The van der Waals surface area contributed by atoms with Crippen LogP contribution in [0.5, 0.6) is 0 Å². The Labute approximate surface area is 87.6 Å². The third kappa shape index (κ3) is 4.61. The molecule has 0 saturated heterocycles. The number of nitrogens with zero attached hydrogens (tertiary/aromatic N) is 1. The van der Waals surface area contributed by atoms with E-state index in [-0.39, 0.29) is 11.9 Å². The van der Waals surface area contributed by atoms with Crippen LogP contribution in [-0.4, -0.2) is 30.4 Å². The predicted molar refractivity (Wildman–Crippen MR) is 60.0 cm³/mol.